The van der Waals surface area contributed by atoms with E-state index in [1.807, 2.05) is 6.92 Å². The zero-order chi connectivity index (χ0) is 11.9. The summed E-state index contributed by atoms with van der Waals surface area (Å²) in [7, 11) is 0. The molecule has 0 aromatic rings. The van der Waals surface area contributed by atoms with Crippen LogP contribution in [0.1, 0.15) is 33.6 Å². The van der Waals surface area contributed by atoms with E-state index in [1.165, 1.54) is 11.0 Å². The van der Waals surface area contributed by atoms with Crippen LogP contribution in [-0.4, -0.2) is 35.0 Å². The Morgan fingerprint density at radius 3 is 2.56 bits per heavy atom. The van der Waals surface area contributed by atoms with E-state index >= 15 is 0 Å². The fourth-order valence-electron chi connectivity index (χ4n) is 2.07. The summed E-state index contributed by atoms with van der Waals surface area (Å²) in [5.41, 5.74) is 0.501. The van der Waals surface area contributed by atoms with Gasteiger partial charge in [0.2, 0.25) is 0 Å². The molecule has 2 rings (SSSR count). The second-order valence-electron chi connectivity index (χ2n) is 4.80. The Kier molecular flexibility index (Phi) is 2.62. The summed E-state index contributed by atoms with van der Waals surface area (Å²) in [6, 6.07) is 0. The average Bonchev–Trinajstić information content (AvgIpc) is 2.72. The highest BCUT2D eigenvalue weighted by atomic mass is 16.6. The molecule has 2 atom stereocenters. The number of hydrogen-bond donors (Lipinski definition) is 0. The predicted molar refractivity (Wildman–Crippen MR) is 58.7 cm³/mol. The first-order valence-electron chi connectivity index (χ1n) is 5.66. The smallest absolute Gasteiger partial charge is 0.256 e. The van der Waals surface area contributed by atoms with Crippen LogP contribution in [0.2, 0.25) is 0 Å². The van der Waals surface area contributed by atoms with E-state index in [4.69, 9.17) is 4.74 Å². The lowest BCUT2D eigenvalue weighted by Crippen LogP contribution is -2.32. The number of imide groups is 1. The molecule has 2 unspecified atom stereocenters. The maximum absolute atomic E-state index is 11.6. The minimum absolute atomic E-state index is 0.0334. The van der Waals surface area contributed by atoms with Crippen LogP contribution in [0.5, 0.6) is 0 Å². The summed E-state index contributed by atoms with van der Waals surface area (Å²) < 4.78 is 5.44. The summed E-state index contributed by atoms with van der Waals surface area (Å²) in [6.45, 7) is 6.28. The van der Waals surface area contributed by atoms with E-state index in [0.29, 0.717) is 18.2 Å². The van der Waals surface area contributed by atoms with Crippen molar-refractivity contribution in [3.8, 4) is 0 Å². The molecule has 0 aliphatic carbocycles. The Hall–Kier alpha value is -1.16. The Morgan fingerprint density at radius 1 is 1.50 bits per heavy atom. The van der Waals surface area contributed by atoms with E-state index in [1.54, 1.807) is 6.92 Å². The Morgan fingerprint density at radius 2 is 2.12 bits per heavy atom. The quantitative estimate of drug-likeness (QED) is 0.532. The summed E-state index contributed by atoms with van der Waals surface area (Å²) in [4.78, 5) is 24.3. The van der Waals surface area contributed by atoms with Crippen molar-refractivity contribution in [3.63, 3.8) is 0 Å². The van der Waals surface area contributed by atoms with Crippen molar-refractivity contribution in [1.82, 2.24) is 4.90 Å². The normalized spacial score (nSPS) is 33.3. The van der Waals surface area contributed by atoms with Crippen LogP contribution in [-0.2, 0) is 14.3 Å². The third-order valence-electron chi connectivity index (χ3n) is 3.49. The van der Waals surface area contributed by atoms with Gasteiger partial charge in [0.05, 0.1) is 11.7 Å². The molecule has 0 bridgehead atoms. The number of nitrogens with zero attached hydrogens (tertiary/aromatic N) is 1. The first kappa shape index (κ1) is 11.3. The van der Waals surface area contributed by atoms with Crippen LogP contribution in [0.4, 0.5) is 0 Å². The van der Waals surface area contributed by atoms with E-state index in [0.717, 1.165) is 12.8 Å². The number of ether oxygens (including phenoxy) is 1. The zero-order valence-corrected chi connectivity index (χ0v) is 9.95. The van der Waals surface area contributed by atoms with E-state index in [2.05, 4.69) is 6.92 Å². The molecule has 4 nitrogen and oxygen atoms in total. The van der Waals surface area contributed by atoms with Gasteiger partial charge in [-0.15, -0.1) is 0 Å². The van der Waals surface area contributed by atoms with Gasteiger partial charge in [0.1, 0.15) is 0 Å². The molecule has 4 heteroatoms. The van der Waals surface area contributed by atoms with Crippen molar-refractivity contribution in [2.45, 2.75) is 45.3 Å². The van der Waals surface area contributed by atoms with Gasteiger partial charge in [0.15, 0.2) is 0 Å². The topological polar surface area (TPSA) is 49.9 Å². The van der Waals surface area contributed by atoms with Crippen molar-refractivity contribution in [1.29, 1.82) is 0 Å². The van der Waals surface area contributed by atoms with E-state index < -0.39 is 0 Å². The molecule has 2 heterocycles. The van der Waals surface area contributed by atoms with Gasteiger partial charge in [-0.25, -0.2) is 0 Å². The van der Waals surface area contributed by atoms with Crippen LogP contribution in [0, 0.1) is 0 Å². The van der Waals surface area contributed by atoms with Gasteiger partial charge in [-0.2, -0.15) is 0 Å². The highest BCUT2D eigenvalue weighted by Crippen LogP contribution is 2.39. The zero-order valence-electron chi connectivity index (χ0n) is 9.95. The van der Waals surface area contributed by atoms with Crippen LogP contribution in [0.15, 0.2) is 11.6 Å². The summed E-state index contributed by atoms with van der Waals surface area (Å²) >= 11 is 0. The highest BCUT2D eigenvalue weighted by Gasteiger charge is 2.48. The summed E-state index contributed by atoms with van der Waals surface area (Å²) in [5.74, 6) is -0.336. The van der Waals surface area contributed by atoms with Gasteiger partial charge >= 0.3 is 0 Å². The molecular weight excluding hydrogens is 206 g/mol. The third kappa shape index (κ3) is 1.89. The van der Waals surface area contributed by atoms with Gasteiger partial charge in [-0.05, 0) is 33.6 Å². The van der Waals surface area contributed by atoms with E-state index in [-0.39, 0.29) is 17.4 Å². The molecule has 2 aliphatic heterocycles. The van der Waals surface area contributed by atoms with Gasteiger partial charge in [-0.1, -0.05) is 0 Å². The molecule has 0 aromatic heterocycles. The fraction of sp³-hybridized carbons (Fsp3) is 0.667. The molecule has 88 valence electrons. The molecule has 0 N–H and O–H groups in total. The van der Waals surface area contributed by atoms with Gasteiger partial charge < -0.3 is 4.74 Å². The van der Waals surface area contributed by atoms with Crippen LogP contribution in [0.25, 0.3) is 0 Å². The molecule has 2 amide bonds. The van der Waals surface area contributed by atoms with Gasteiger partial charge in [-0.3, -0.25) is 14.5 Å². The third-order valence-corrected chi connectivity index (χ3v) is 3.49. The molecule has 0 aromatic carbocycles. The number of carbonyl (C=O) groups is 2. The van der Waals surface area contributed by atoms with Crippen molar-refractivity contribution in [3.05, 3.63) is 11.6 Å². The second-order valence-corrected chi connectivity index (χ2v) is 4.80. The molecular formula is C12H17NO3. The predicted octanol–water partition coefficient (Wildman–Crippen LogP) is 1.26. The molecule has 1 saturated heterocycles. The number of epoxide rings is 1. The van der Waals surface area contributed by atoms with Crippen molar-refractivity contribution in [2.24, 2.45) is 0 Å². The van der Waals surface area contributed by atoms with Crippen LogP contribution in [0.3, 0.4) is 0 Å². The number of hydrogen-bond acceptors (Lipinski definition) is 3. The van der Waals surface area contributed by atoms with Crippen molar-refractivity contribution < 1.29 is 14.3 Å². The number of carbonyl (C=O) groups excluding carboxylic acids is 2. The molecule has 2 aliphatic rings. The number of rotatable bonds is 4. The summed E-state index contributed by atoms with van der Waals surface area (Å²) in [5, 5.41) is 0. The Balaban J connectivity index is 1.79. The monoisotopic (exact) mass is 223 g/mol. The van der Waals surface area contributed by atoms with Crippen LogP contribution < -0.4 is 0 Å². The Bertz CT molecular complexity index is 374. The van der Waals surface area contributed by atoms with Crippen molar-refractivity contribution in [2.75, 3.05) is 6.54 Å². The maximum Gasteiger partial charge on any atom is 0.256 e. The lowest BCUT2D eigenvalue weighted by Gasteiger charge is -2.15. The minimum Gasteiger partial charge on any atom is -0.367 e. The fourth-order valence-corrected chi connectivity index (χ4v) is 2.07. The molecule has 16 heavy (non-hydrogen) atoms. The molecule has 0 spiro atoms. The summed E-state index contributed by atoms with van der Waals surface area (Å²) in [6.07, 6.45) is 3.40. The van der Waals surface area contributed by atoms with Gasteiger partial charge in [0, 0.05) is 18.2 Å². The highest BCUT2D eigenvalue weighted by molar-refractivity contribution is 6.15. The average molecular weight is 223 g/mol. The molecule has 0 radical (unpaired) electrons. The first-order chi connectivity index (χ1) is 7.44. The number of amides is 2. The first-order valence-corrected chi connectivity index (χ1v) is 5.66. The second kappa shape index (κ2) is 3.70. The largest absolute Gasteiger partial charge is 0.367 e. The molecule has 1 fully saturated rings. The minimum atomic E-state index is -0.183. The maximum atomic E-state index is 11.6. The van der Waals surface area contributed by atoms with E-state index in [9.17, 15) is 9.59 Å². The SMILES string of the molecule is CC1=CC(=O)N(CCCC2(C)OC2C)C1=O. The lowest BCUT2D eigenvalue weighted by molar-refractivity contribution is -0.137. The standard InChI is InChI=1S/C12H17NO3/c1-8-7-10(14)13(11(8)15)6-4-5-12(3)9(2)16-12/h7,9H,4-6H2,1-3H3. The Labute approximate surface area is 95.2 Å². The van der Waals surface area contributed by atoms with Gasteiger partial charge in [0.25, 0.3) is 11.8 Å². The van der Waals surface area contributed by atoms with Crippen LogP contribution >= 0.6 is 0 Å². The lowest BCUT2D eigenvalue weighted by atomic mass is 10.0. The molecule has 0 saturated carbocycles. The van der Waals surface area contributed by atoms with Crippen molar-refractivity contribution >= 4 is 11.8 Å².